The van der Waals surface area contributed by atoms with Crippen LogP contribution in [0.1, 0.15) is 6.42 Å². The number of hydrogen-bond acceptors (Lipinski definition) is 4. The van der Waals surface area contributed by atoms with Gasteiger partial charge in [-0.1, -0.05) is 0 Å². The van der Waals surface area contributed by atoms with Crippen molar-refractivity contribution in [2.24, 2.45) is 0 Å². The smallest absolute Gasteiger partial charge is 0.0845 e. The molecule has 1 heterocycles. The predicted molar refractivity (Wildman–Crippen MR) is 40.3 cm³/mol. The van der Waals surface area contributed by atoms with Crippen molar-refractivity contribution in [2.75, 3.05) is 40.6 Å². The van der Waals surface area contributed by atoms with Gasteiger partial charge in [-0.15, -0.1) is 0 Å². The fourth-order valence-electron chi connectivity index (χ4n) is 0.461. The molecule has 0 amide bonds. The van der Waals surface area contributed by atoms with Gasteiger partial charge in [0.15, 0.2) is 0 Å². The first-order valence-electron chi connectivity index (χ1n) is 3.64. The van der Waals surface area contributed by atoms with Crippen LogP contribution in [0.5, 0.6) is 0 Å². The van der Waals surface area contributed by atoms with Crippen molar-refractivity contribution < 1.29 is 19.2 Å². The minimum absolute atomic E-state index is 0.691. The van der Waals surface area contributed by atoms with Crippen LogP contribution in [0.15, 0.2) is 0 Å². The molecule has 11 heavy (non-hydrogen) atoms. The van der Waals surface area contributed by atoms with Crippen LogP contribution in [0.25, 0.3) is 0 Å². The zero-order chi connectivity index (χ0) is 8.36. The number of rotatable bonds is 3. The summed E-state index contributed by atoms with van der Waals surface area (Å²) in [5.74, 6) is 0. The molecule has 1 rings (SSSR count). The molecule has 1 aliphatic rings. The van der Waals surface area contributed by atoms with Gasteiger partial charge < -0.3 is 9.47 Å². The molecular formula is C7H16O4. The third-order valence-electron chi connectivity index (χ3n) is 1.03. The molecule has 0 aromatic heterocycles. The van der Waals surface area contributed by atoms with Crippen molar-refractivity contribution in [3.05, 3.63) is 0 Å². The largest absolute Gasteiger partial charge is 0.382 e. The molecule has 0 saturated carbocycles. The van der Waals surface area contributed by atoms with Crippen LogP contribution >= 0.6 is 0 Å². The SMILES string of the molecule is C1COOC1.COCCOC. The van der Waals surface area contributed by atoms with Gasteiger partial charge in [-0.2, -0.15) is 0 Å². The minimum Gasteiger partial charge on any atom is -0.382 e. The lowest BCUT2D eigenvalue weighted by atomic mass is 10.5. The molecule has 0 bridgehead atoms. The summed E-state index contributed by atoms with van der Waals surface area (Å²) < 4.78 is 9.31. The second-order valence-electron chi connectivity index (χ2n) is 1.98. The van der Waals surface area contributed by atoms with E-state index in [1.165, 1.54) is 0 Å². The fourth-order valence-corrected chi connectivity index (χ4v) is 0.461. The summed E-state index contributed by atoms with van der Waals surface area (Å²) >= 11 is 0. The zero-order valence-corrected chi connectivity index (χ0v) is 7.17. The maximum absolute atomic E-state index is 4.66. The number of methoxy groups -OCH3 is 2. The molecule has 0 spiro atoms. The Morgan fingerprint density at radius 3 is 1.64 bits per heavy atom. The van der Waals surface area contributed by atoms with Crippen LogP contribution < -0.4 is 0 Å². The van der Waals surface area contributed by atoms with E-state index in [0.29, 0.717) is 13.2 Å². The Kier molecular flexibility index (Phi) is 9.70. The lowest BCUT2D eigenvalue weighted by molar-refractivity contribution is -0.248. The Morgan fingerprint density at radius 2 is 1.45 bits per heavy atom. The molecule has 0 unspecified atom stereocenters. The van der Waals surface area contributed by atoms with Crippen LogP contribution in [0.2, 0.25) is 0 Å². The Hall–Kier alpha value is -0.160. The van der Waals surface area contributed by atoms with E-state index in [1.807, 2.05) is 0 Å². The standard InChI is InChI=1S/C4H10O2.C3H6O2/c1-5-3-4-6-2;1-2-4-5-3-1/h3-4H2,1-2H3;1-3H2. The summed E-state index contributed by atoms with van der Waals surface area (Å²) in [6, 6.07) is 0. The Bertz CT molecular complexity index is 51.9. The van der Waals surface area contributed by atoms with Gasteiger partial charge in [0.05, 0.1) is 26.4 Å². The summed E-state index contributed by atoms with van der Waals surface area (Å²) in [6.45, 7) is 2.94. The highest BCUT2D eigenvalue weighted by Crippen LogP contribution is 1.93. The molecule has 1 fully saturated rings. The van der Waals surface area contributed by atoms with Gasteiger partial charge in [-0.25, -0.2) is 9.78 Å². The summed E-state index contributed by atoms with van der Waals surface area (Å²) in [6.07, 6.45) is 1.06. The fraction of sp³-hybridized carbons (Fsp3) is 1.00. The molecule has 1 aliphatic heterocycles. The second-order valence-corrected chi connectivity index (χ2v) is 1.98. The quantitative estimate of drug-likeness (QED) is 0.452. The Morgan fingerprint density at radius 1 is 1.00 bits per heavy atom. The topological polar surface area (TPSA) is 36.9 Å². The van der Waals surface area contributed by atoms with Gasteiger partial charge in [0.25, 0.3) is 0 Å². The van der Waals surface area contributed by atoms with Crippen molar-refractivity contribution in [1.29, 1.82) is 0 Å². The van der Waals surface area contributed by atoms with E-state index in [1.54, 1.807) is 14.2 Å². The van der Waals surface area contributed by atoms with E-state index in [4.69, 9.17) is 0 Å². The molecule has 0 radical (unpaired) electrons. The van der Waals surface area contributed by atoms with E-state index in [-0.39, 0.29) is 0 Å². The lowest BCUT2D eigenvalue weighted by Crippen LogP contribution is -1.96. The Balaban J connectivity index is 0.000000183. The highest BCUT2D eigenvalue weighted by molar-refractivity contribution is 4.31. The second kappa shape index (κ2) is 9.84. The highest BCUT2D eigenvalue weighted by Gasteiger charge is 1.95. The minimum atomic E-state index is 0.691. The summed E-state index contributed by atoms with van der Waals surface area (Å²) in [5.41, 5.74) is 0. The van der Waals surface area contributed by atoms with Gasteiger partial charge in [-0.3, -0.25) is 0 Å². The first-order valence-corrected chi connectivity index (χ1v) is 3.64. The van der Waals surface area contributed by atoms with Gasteiger partial charge in [0, 0.05) is 20.6 Å². The molecule has 0 aliphatic carbocycles. The van der Waals surface area contributed by atoms with Crippen LogP contribution in [-0.4, -0.2) is 40.6 Å². The number of ether oxygens (including phenoxy) is 2. The van der Waals surface area contributed by atoms with Crippen molar-refractivity contribution in [3.8, 4) is 0 Å². The van der Waals surface area contributed by atoms with Crippen molar-refractivity contribution in [1.82, 2.24) is 0 Å². The maximum atomic E-state index is 4.66. The molecule has 0 aromatic carbocycles. The first kappa shape index (κ1) is 10.8. The molecule has 0 N–H and O–H groups in total. The normalized spacial score (nSPS) is 15.8. The van der Waals surface area contributed by atoms with Crippen LogP contribution in [0, 0.1) is 0 Å². The molecule has 4 heteroatoms. The Labute approximate surface area is 67.3 Å². The highest BCUT2D eigenvalue weighted by atomic mass is 17.2. The third kappa shape index (κ3) is 9.84. The van der Waals surface area contributed by atoms with E-state index in [0.717, 1.165) is 19.6 Å². The van der Waals surface area contributed by atoms with Crippen molar-refractivity contribution in [3.63, 3.8) is 0 Å². The molecule has 0 aromatic rings. The monoisotopic (exact) mass is 164 g/mol. The van der Waals surface area contributed by atoms with Gasteiger partial charge in [-0.05, 0) is 0 Å². The van der Waals surface area contributed by atoms with Crippen molar-refractivity contribution >= 4 is 0 Å². The van der Waals surface area contributed by atoms with Gasteiger partial charge >= 0.3 is 0 Å². The molecule has 4 nitrogen and oxygen atoms in total. The van der Waals surface area contributed by atoms with E-state index < -0.39 is 0 Å². The molecule has 1 saturated heterocycles. The summed E-state index contributed by atoms with van der Waals surface area (Å²) in [5, 5.41) is 0. The third-order valence-corrected chi connectivity index (χ3v) is 1.03. The van der Waals surface area contributed by atoms with Gasteiger partial charge in [0.1, 0.15) is 0 Å². The molecule has 0 atom stereocenters. The van der Waals surface area contributed by atoms with E-state index >= 15 is 0 Å². The average Bonchev–Trinajstić information content (AvgIpc) is 2.57. The maximum Gasteiger partial charge on any atom is 0.0845 e. The summed E-state index contributed by atoms with van der Waals surface area (Å²) in [7, 11) is 3.30. The predicted octanol–water partition coefficient (Wildman–Crippen LogP) is 0.617. The molecular weight excluding hydrogens is 148 g/mol. The van der Waals surface area contributed by atoms with Crippen LogP contribution in [0.4, 0.5) is 0 Å². The zero-order valence-electron chi connectivity index (χ0n) is 7.17. The lowest BCUT2D eigenvalue weighted by Gasteiger charge is -1.91. The average molecular weight is 164 g/mol. The van der Waals surface area contributed by atoms with Gasteiger partial charge in [0.2, 0.25) is 0 Å². The van der Waals surface area contributed by atoms with Crippen LogP contribution in [0.3, 0.4) is 0 Å². The first-order chi connectivity index (χ1) is 5.41. The number of hydrogen-bond donors (Lipinski definition) is 0. The van der Waals surface area contributed by atoms with E-state index in [9.17, 15) is 0 Å². The van der Waals surface area contributed by atoms with E-state index in [2.05, 4.69) is 19.2 Å². The molecule has 68 valence electrons. The van der Waals surface area contributed by atoms with Crippen LogP contribution in [-0.2, 0) is 19.2 Å². The van der Waals surface area contributed by atoms with Crippen molar-refractivity contribution in [2.45, 2.75) is 6.42 Å². The summed E-state index contributed by atoms with van der Waals surface area (Å²) in [4.78, 5) is 8.89.